The molecule has 0 spiro atoms. The molecule has 0 aliphatic rings. The van der Waals surface area contributed by atoms with E-state index in [-0.39, 0.29) is 17.5 Å². The molecule has 9 nitrogen and oxygen atoms in total. The van der Waals surface area contributed by atoms with Crippen LogP contribution in [0.4, 0.5) is 11.4 Å². The molecule has 2 N–H and O–H groups in total. The van der Waals surface area contributed by atoms with E-state index in [4.69, 9.17) is 8.83 Å². The highest BCUT2D eigenvalue weighted by Crippen LogP contribution is 2.26. The number of aromatic nitrogens is 2. The van der Waals surface area contributed by atoms with Gasteiger partial charge in [-0.25, -0.2) is 0 Å². The first-order chi connectivity index (χ1) is 14.1. The van der Waals surface area contributed by atoms with Crippen LogP contribution in [-0.2, 0) is 11.3 Å². The number of benzene rings is 2. The van der Waals surface area contributed by atoms with Crippen LogP contribution in [0, 0.1) is 0 Å². The quantitative estimate of drug-likeness (QED) is 0.466. The van der Waals surface area contributed by atoms with Crippen molar-refractivity contribution < 1.29 is 22.4 Å². The number of carbonyl (C=O) groups excluding carboxylic acids is 1. The van der Waals surface area contributed by atoms with Gasteiger partial charge in [0.15, 0.2) is 5.76 Å². The molecule has 146 valence electrons. The number of furan rings is 1. The maximum atomic E-state index is 12.5. The highest BCUT2D eigenvalue weighted by Gasteiger charge is 2.13. The molecule has 0 bridgehead atoms. The second-order valence-electron chi connectivity index (χ2n) is 5.84. The highest BCUT2D eigenvalue weighted by atomic mass is 32.2. The summed E-state index contributed by atoms with van der Waals surface area (Å²) in [6.45, 7) is 0. The summed E-state index contributed by atoms with van der Waals surface area (Å²) in [5.41, 5.74) is 1.71. The summed E-state index contributed by atoms with van der Waals surface area (Å²) < 4.78 is 34.6. The Morgan fingerprint density at radius 2 is 1.76 bits per heavy atom. The van der Waals surface area contributed by atoms with Gasteiger partial charge in [0, 0.05) is 33.8 Å². The van der Waals surface area contributed by atoms with Gasteiger partial charge >= 0.3 is 0 Å². The maximum absolute atomic E-state index is 12.5. The number of hydrogen-bond acceptors (Lipinski definition) is 7. The normalized spacial score (nSPS) is 11.8. The molecular weight excluding hydrogens is 396 g/mol. The Morgan fingerprint density at radius 1 is 0.966 bits per heavy atom. The molecule has 0 saturated heterocycles. The molecule has 1 amide bonds. The van der Waals surface area contributed by atoms with Crippen molar-refractivity contribution in [1.29, 1.82) is 0 Å². The third kappa shape index (κ3) is 4.39. The zero-order valence-corrected chi connectivity index (χ0v) is 15.5. The predicted octanol–water partition coefficient (Wildman–Crippen LogP) is 3.45. The number of hydrogen-bond donors (Lipinski definition) is 2. The fourth-order valence-corrected chi connectivity index (χ4v) is 2.91. The topological polar surface area (TPSA) is 133 Å². The second-order valence-corrected chi connectivity index (χ2v) is 6.52. The molecule has 1 unspecified atom stereocenters. The van der Waals surface area contributed by atoms with Crippen LogP contribution in [0.3, 0.4) is 0 Å². The van der Waals surface area contributed by atoms with Gasteiger partial charge in [-0.3, -0.25) is 9.00 Å². The van der Waals surface area contributed by atoms with Crippen molar-refractivity contribution in [3.63, 3.8) is 0 Å². The Kier molecular flexibility index (Phi) is 5.18. The second kappa shape index (κ2) is 8.09. The van der Waals surface area contributed by atoms with Gasteiger partial charge in [0.05, 0.1) is 6.26 Å². The minimum Gasteiger partial charge on any atom is -0.755 e. The first-order valence-corrected chi connectivity index (χ1v) is 9.41. The highest BCUT2D eigenvalue weighted by molar-refractivity contribution is 7.80. The van der Waals surface area contributed by atoms with Crippen molar-refractivity contribution in [3.05, 3.63) is 72.5 Å². The molecule has 2 aromatic carbocycles. The molecular formula is C19H13N4O5S-. The summed E-state index contributed by atoms with van der Waals surface area (Å²) in [6, 6.07) is 16.5. The minimum absolute atomic E-state index is 0.250. The molecule has 0 fully saturated rings. The van der Waals surface area contributed by atoms with Gasteiger partial charge < -0.3 is 23.4 Å². The van der Waals surface area contributed by atoms with Crippen molar-refractivity contribution in [2.24, 2.45) is 0 Å². The summed E-state index contributed by atoms with van der Waals surface area (Å²) in [5, 5.41) is 10.7. The smallest absolute Gasteiger partial charge is 0.283 e. The molecule has 4 rings (SSSR count). The standard InChI is InChI=1S/C19H14N4O5S/c24-17(12-4-1-7-15(10-12)23-29(25)26)20-14-6-2-5-13(11-14)18-21-22-19(28-18)16-8-3-9-27-16/h1-11,23H,(H,20,24)(H,25,26)/p-1. The van der Waals surface area contributed by atoms with Crippen LogP contribution >= 0.6 is 0 Å². The van der Waals surface area contributed by atoms with E-state index in [2.05, 4.69) is 20.2 Å². The van der Waals surface area contributed by atoms with E-state index in [9.17, 15) is 13.6 Å². The van der Waals surface area contributed by atoms with Crippen LogP contribution in [-0.4, -0.2) is 24.9 Å². The largest absolute Gasteiger partial charge is 0.755 e. The number of rotatable bonds is 6. The fraction of sp³-hybridized carbons (Fsp3) is 0. The third-order valence-corrected chi connectivity index (χ3v) is 4.25. The number of carbonyl (C=O) groups is 1. The first-order valence-electron chi connectivity index (χ1n) is 8.33. The summed E-state index contributed by atoms with van der Waals surface area (Å²) in [5.74, 6) is 0.584. The zero-order valence-electron chi connectivity index (χ0n) is 14.7. The van der Waals surface area contributed by atoms with Crippen LogP contribution < -0.4 is 10.0 Å². The summed E-state index contributed by atoms with van der Waals surface area (Å²) in [6.07, 6.45) is 1.51. The van der Waals surface area contributed by atoms with E-state index in [1.54, 1.807) is 54.6 Å². The van der Waals surface area contributed by atoms with E-state index in [1.807, 2.05) is 0 Å². The molecule has 29 heavy (non-hydrogen) atoms. The minimum atomic E-state index is -2.47. The fourth-order valence-electron chi connectivity index (χ4n) is 2.59. The number of anilines is 2. The van der Waals surface area contributed by atoms with Gasteiger partial charge in [-0.1, -0.05) is 12.1 Å². The lowest BCUT2D eigenvalue weighted by Gasteiger charge is -2.10. The van der Waals surface area contributed by atoms with Crippen molar-refractivity contribution >= 4 is 28.5 Å². The van der Waals surface area contributed by atoms with E-state index in [0.717, 1.165) is 0 Å². The average Bonchev–Trinajstić information content (AvgIpc) is 3.40. The monoisotopic (exact) mass is 409 g/mol. The summed E-state index contributed by atoms with van der Waals surface area (Å²) in [4.78, 5) is 12.5. The molecule has 4 aromatic rings. The number of nitrogens with zero attached hydrogens (tertiary/aromatic N) is 2. The van der Waals surface area contributed by atoms with Crippen LogP contribution in [0.15, 0.2) is 75.8 Å². The van der Waals surface area contributed by atoms with Crippen LogP contribution in [0.5, 0.6) is 0 Å². The molecule has 0 aliphatic heterocycles. The molecule has 0 saturated carbocycles. The molecule has 1 atom stereocenters. The molecule has 2 heterocycles. The number of amides is 1. The van der Waals surface area contributed by atoms with Crippen molar-refractivity contribution in [1.82, 2.24) is 10.2 Å². The molecule has 2 aromatic heterocycles. The van der Waals surface area contributed by atoms with E-state index >= 15 is 0 Å². The van der Waals surface area contributed by atoms with Crippen LogP contribution in [0.1, 0.15) is 10.4 Å². The first kappa shape index (κ1) is 18.6. The Hall–Kier alpha value is -3.76. The Balaban J connectivity index is 1.52. The van der Waals surface area contributed by atoms with Gasteiger partial charge in [-0.2, -0.15) is 0 Å². The number of nitrogens with one attached hydrogen (secondary N) is 2. The SMILES string of the molecule is O=C(Nc1cccc(-c2nnc(-c3ccco3)o2)c1)c1cccc(NS(=O)[O-])c1. The van der Waals surface area contributed by atoms with E-state index < -0.39 is 17.2 Å². The van der Waals surface area contributed by atoms with Crippen molar-refractivity contribution in [3.8, 4) is 23.1 Å². The summed E-state index contributed by atoms with van der Waals surface area (Å²) >= 11 is -2.47. The average molecular weight is 409 g/mol. The molecule has 0 aliphatic carbocycles. The van der Waals surface area contributed by atoms with Gasteiger partial charge in [0.25, 0.3) is 11.8 Å². The van der Waals surface area contributed by atoms with Crippen molar-refractivity contribution in [2.75, 3.05) is 10.0 Å². The summed E-state index contributed by atoms with van der Waals surface area (Å²) in [7, 11) is 0. The Bertz CT molecular complexity index is 1170. The van der Waals surface area contributed by atoms with E-state index in [0.29, 0.717) is 22.6 Å². The van der Waals surface area contributed by atoms with E-state index in [1.165, 1.54) is 12.3 Å². The molecule has 0 radical (unpaired) electrons. The van der Waals surface area contributed by atoms with Crippen molar-refractivity contribution in [2.45, 2.75) is 0 Å². The lowest BCUT2D eigenvalue weighted by Crippen LogP contribution is -2.12. The van der Waals surface area contributed by atoms with Gasteiger partial charge in [-0.15, -0.1) is 10.2 Å². The zero-order chi connectivity index (χ0) is 20.2. The third-order valence-electron chi connectivity index (χ3n) is 3.85. The lowest BCUT2D eigenvalue weighted by atomic mass is 10.1. The Morgan fingerprint density at radius 3 is 2.55 bits per heavy atom. The van der Waals surface area contributed by atoms with Gasteiger partial charge in [0.1, 0.15) is 0 Å². The Labute approximate surface area is 167 Å². The molecule has 10 heteroatoms. The van der Waals surface area contributed by atoms with Crippen LogP contribution in [0.2, 0.25) is 0 Å². The lowest BCUT2D eigenvalue weighted by molar-refractivity contribution is 0.102. The predicted molar refractivity (Wildman–Crippen MR) is 104 cm³/mol. The van der Waals surface area contributed by atoms with Gasteiger partial charge in [-0.05, 0) is 48.5 Å². The van der Waals surface area contributed by atoms with Crippen LogP contribution in [0.25, 0.3) is 23.1 Å². The van der Waals surface area contributed by atoms with Gasteiger partial charge in [0.2, 0.25) is 5.89 Å². The maximum Gasteiger partial charge on any atom is 0.283 e.